The molecule has 2 aliphatic carbocycles. The Bertz CT molecular complexity index is 876. The minimum atomic E-state index is -0.899. The lowest BCUT2D eigenvalue weighted by Crippen LogP contribution is -2.36. The number of methoxy groups -OCH3 is 1. The first kappa shape index (κ1) is 18.2. The van der Waals surface area contributed by atoms with Gasteiger partial charge in [-0.2, -0.15) is 0 Å². The first-order chi connectivity index (χ1) is 12.4. The number of fused-ring (bicyclic) bond motifs is 1. The summed E-state index contributed by atoms with van der Waals surface area (Å²) in [7, 11) is 1.45. The van der Waals surface area contributed by atoms with E-state index in [1.54, 1.807) is 0 Å². The highest BCUT2D eigenvalue weighted by Crippen LogP contribution is 2.43. The van der Waals surface area contributed by atoms with Gasteiger partial charge in [0.05, 0.1) is 7.11 Å². The molecule has 0 N–H and O–H groups in total. The molecule has 1 aromatic rings. The second-order valence-electron chi connectivity index (χ2n) is 7.34. The van der Waals surface area contributed by atoms with E-state index in [9.17, 15) is 4.79 Å². The molecule has 0 aliphatic heterocycles. The first-order valence-corrected chi connectivity index (χ1v) is 9.06. The molecule has 2 aliphatic rings. The fourth-order valence-electron chi connectivity index (χ4n) is 3.67. The number of rotatable bonds is 3. The van der Waals surface area contributed by atoms with Crippen molar-refractivity contribution >= 4 is 5.97 Å². The van der Waals surface area contributed by atoms with Crippen LogP contribution in [0.15, 0.2) is 88.6 Å². The largest absolute Gasteiger partial charge is 0.468 e. The van der Waals surface area contributed by atoms with Crippen molar-refractivity contribution in [2.75, 3.05) is 7.11 Å². The van der Waals surface area contributed by atoms with Gasteiger partial charge in [0, 0.05) is 0 Å². The predicted octanol–water partition coefficient (Wildman–Crippen LogP) is 5.45. The van der Waals surface area contributed by atoms with Crippen molar-refractivity contribution < 1.29 is 9.53 Å². The summed E-state index contributed by atoms with van der Waals surface area (Å²) < 4.78 is 5.22. The Morgan fingerprint density at radius 2 is 1.65 bits per heavy atom. The van der Waals surface area contributed by atoms with Gasteiger partial charge in [0.2, 0.25) is 0 Å². The number of carbonyl (C=O) groups excluding carboxylic acids is 1. The van der Waals surface area contributed by atoms with Crippen LogP contribution >= 0.6 is 0 Å². The van der Waals surface area contributed by atoms with Crippen LogP contribution in [0.4, 0.5) is 0 Å². The average molecular weight is 346 g/mol. The summed E-state index contributed by atoms with van der Waals surface area (Å²) in [5.74, 6) is 0.184. The summed E-state index contributed by atoms with van der Waals surface area (Å²) in [6, 6.07) is 9.85. The topological polar surface area (TPSA) is 26.3 Å². The van der Waals surface area contributed by atoms with Crippen molar-refractivity contribution in [2.24, 2.45) is 5.92 Å². The van der Waals surface area contributed by atoms with Crippen LogP contribution in [0.3, 0.4) is 0 Å². The van der Waals surface area contributed by atoms with Gasteiger partial charge in [-0.3, -0.25) is 4.79 Å². The van der Waals surface area contributed by atoms with Crippen LogP contribution < -0.4 is 0 Å². The number of allylic oxidation sites excluding steroid dienone is 8. The van der Waals surface area contributed by atoms with E-state index in [4.69, 9.17) is 4.74 Å². The highest BCUT2D eigenvalue weighted by atomic mass is 16.5. The molecule has 3 rings (SSSR count). The molecule has 0 spiro atoms. The molecule has 0 aromatic heterocycles. The Morgan fingerprint density at radius 1 is 0.962 bits per heavy atom. The molecule has 0 heterocycles. The first-order valence-electron chi connectivity index (χ1n) is 9.06. The lowest BCUT2D eigenvalue weighted by molar-refractivity contribution is -0.143. The summed E-state index contributed by atoms with van der Waals surface area (Å²) in [6.07, 6.45) is 10.7. The molecule has 0 radical (unpaired) electrons. The third-order valence-electron chi connectivity index (χ3n) is 5.23. The van der Waals surface area contributed by atoms with Gasteiger partial charge in [0.25, 0.3) is 0 Å². The van der Waals surface area contributed by atoms with Gasteiger partial charge in [0.15, 0.2) is 0 Å². The van der Waals surface area contributed by atoms with E-state index in [0.29, 0.717) is 5.92 Å². The highest BCUT2D eigenvalue weighted by Gasteiger charge is 2.41. The molecule has 1 aromatic carbocycles. The van der Waals surface area contributed by atoms with Gasteiger partial charge in [-0.15, -0.1) is 0 Å². The molecule has 26 heavy (non-hydrogen) atoms. The zero-order valence-corrected chi connectivity index (χ0v) is 16.2. The van der Waals surface area contributed by atoms with Gasteiger partial charge in [-0.25, -0.2) is 0 Å². The van der Waals surface area contributed by atoms with Crippen molar-refractivity contribution in [1.82, 2.24) is 0 Å². The van der Waals surface area contributed by atoms with E-state index in [2.05, 4.69) is 52.0 Å². The molecule has 0 bridgehead atoms. The molecule has 0 saturated heterocycles. The second kappa shape index (κ2) is 6.95. The van der Waals surface area contributed by atoms with Gasteiger partial charge in [-0.1, -0.05) is 74.6 Å². The molecule has 134 valence electrons. The maximum absolute atomic E-state index is 12.9. The van der Waals surface area contributed by atoms with E-state index in [1.165, 1.54) is 18.3 Å². The number of esters is 1. The molecule has 0 fully saturated rings. The third-order valence-corrected chi connectivity index (χ3v) is 5.23. The molecule has 0 saturated carbocycles. The molecule has 1 unspecified atom stereocenters. The number of hydrogen-bond donors (Lipinski definition) is 0. The van der Waals surface area contributed by atoms with E-state index in [1.807, 2.05) is 36.4 Å². The summed E-state index contributed by atoms with van der Waals surface area (Å²) in [5, 5.41) is 0. The SMILES string of the molecule is COC(=O)C1(c2ccccc2)C=C(C)C2=CC(C(C)C)=CC=C(C)C2=C1. The fraction of sp³-hybridized carbons (Fsp3) is 0.292. The van der Waals surface area contributed by atoms with Gasteiger partial charge in [-0.05, 0) is 53.2 Å². The van der Waals surface area contributed by atoms with Crippen LogP contribution in [0.1, 0.15) is 33.3 Å². The molecule has 0 amide bonds. The average Bonchev–Trinajstić information content (AvgIpc) is 2.81. The van der Waals surface area contributed by atoms with Gasteiger partial charge < -0.3 is 4.74 Å². The Kier molecular flexibility index (Phi) is 4.86. The lowest BCUT2D eigenvalue weighted by atomic mass is 9.71. The van der Waals surface area contributed by atoms with Crippen molar-refractivity contribution in [1.29, 1.82) is 0 Å². The van der Waals surface area contributed by atoms with Crippen LogP contribution in [0.5, 0.6) is 0 Å². The Hall–Kier alpha value is -2.61. The number of benzene rings is 1. The van der Waals surface area contributed by atoms with Crippen LogP contribution in [-0.4, -0.2) is 13.1 Å². The maximum atomic E-state index is 12.9. The molecule has 2 nitrogen and oxygen atoms in total. The normalized spacial score (nSPS) is 22.3. The quantitative estimate of drug-likeness (QED) is 0.680. The van der Waals surface area contributed by atoms with Crippen molar-refractivity contribution in [3.63, 3.8) is 0 Å². The number of carbonyl (C=O) groups is 1. The van der Waals surface area contributed by atoms with Crippen molar-refractivity contribution in [3.05, 3.63) is 94.1 Å². The minimum absolute atomic E-state index is 0.260. The second-order valence-corrected chi connectivity index (χ2v) is 7.34. The van der Waals surface area contributed by atoms with Crippen LogP contribution in [0.25, 0.3) is 0 Å². The molecular formula is C24H26O2. The Balaban J connectivity index is 2.26. The van der Waals surface area contributed by atoms with Crippen LogP contribution in [-0.2, 0) is 14.9 Å². The Labute approximate surface area is 156 Å². The minimum Gasteiger partial charge on any atom is -0.468 e. The van der Waals surface area contributed by atoms with Crippen molar-refractivity contribution in [2.45, 2.75) is 33.1 Å². The number of hydrogen-bond acceptors (Lipinski definition) is 2. The standard InChI is InChI=1S/C24H26O2/c1-16(2)19-12-11-17(3)22-15-24(23(25)26-5,14-18(4)21(22)13-19)20-9-7-6-8-10-20/h6-16H,1-5H3. The van der Waals surface area contributed by atoms with E-state index in [0.717, 1.165) is 22.3 Å². The Morgan fingerprint density at radius 3 is 2.27 bits per heavy atom. The molecule has 1 atom stereocenters. The van der Waals surface area contributed by atoms with Gasteiger partial charge in [0.1, 0.15) is 5.41 Å². The molecule has 2 heteroatoms. The van der Waals surface area contributed by atoms with E-state index < -0.39 is 5.41 Å². The highest BCUT2D eigenvalue weighted by molar-refractivity contribution is 5.91. The fourth-order valence-corrected chi connectivity index (χ4v) is 3.67. The summed E-state index contributed by atoms with van der Waals surface area (Å²) in [6.45, 7) is 8.58. The maximum Gasteiger partial charge on any atom is 0.324 e. The third kappa shape index (κ3) is 3.01. The van der Waals surface area contributed by atoms with Crippen LogP contribution in [0.2, 0.25) is 0 Å². The molecular weight excluding hydrogens is 320 g/mol. The zero-order valence-electron chi connectivity index (χ0n) is 16.2. The zero-order chi connectivity index (χ0) is 18.9. The van der Waals surface area contributed by atoms with E-state index >= 15 is 0 Å². The number of ether oxygens (including phenoxy) is 1. The van der Waals surface area contributed by atoms with Crippen LogP contribution in [0, 0.1) is 5.92 Å². The lowest BCUT2D eigenvalue weighted by Gasteiger charge is -2.32. The van der Waals surface area contributed by atoms with E-state index in [-0.39, 0.29) is 5.97 Å². The smallest absolute Gasteiger partial charge is 0.324 e. The predicted molar refractivity (Wildman–Crippen MR) is 107 cm³/mol. The van der Waals surface area contributed by atoms with Crippen molar-refractivity contribution in [3.8, 4) is 0 Å². The summed E-state index contributed by atoms with van der Waals surface area (Å²) in [5.41, 5.74) is 5.86. The summed E-state index contributed by atoms with van der Waals surface area (Å²) in [4.78, 5) is 12.9. The monoisotopic (exact) mass is 346 g/mol. The van der Waals surface area contributed by atoms with Gasteiger partial charge >= 0.3 is 5.97 Å². The summed E-state index contributed by atoms with van der Waals surface area (Å²) >= 11 is 0.